The van der Waals surface area contributed by atoms with E-state index in [4.69, 9.17) is 0 Å². The first-order valence-electron chi connectivity index (χ1n) is 5.60. The van der Waals surface area contributed by atoms with Crippen LogP contribution < -0.4 is 0 Å². The van der Waals surface area contributed by atoms with Crippen LogP contribution in [0.1, 0.15) is 57.7 Å². The number of rotatable bonds is 2. The average molecular weight is 192 g/mol. The van der Waals surface area contributed by atoms with Gasteiger partial charge in [-0.3, -0.25) is 4.68 Å². The molecule has 0 N–H and O–H groups in total. The molecule has 0 saturated heterocycles. The predicted octanol–water partition coefficient (Wildman–Crippen LogP) is 3.08. The van der Waals surface area contributed by atoms with Crippen molar-refractivity contribution in [1.29, 1.82) is 0 Å². The van der Waals surface area contributed by atoms with Crippen LogP contribution in [0.15, 0.2) is 6.20 Å². The third-order valence-corrected chi connectivity index (χ3v) is 2.89. The monoisotopic (exact) mass is 192 g/mol. The predicted molar refractivity (Wildman–Crippen MR) is 58.6 cm³/mol. The van der Waals surface area contributed by atoms with Crippen molar-refractivity contribution in [2.24, 2.45) is 0 Å². The Labute approximate surface area is 86.3 Å². The summed E-state index contributed by atoms with van der Waals surface area (Å²) >= 11 is 0. The zero-order valence-electron chi connectivity index (χ0n) is 9.67. The topological polar surface area (TPSA) is 17.8 Å². The van der Waals surface area contributed by atoms with Gasteiger partial charge in [0, 0.05) is 18.7 Å². The molecule has 14 heavy (non-hydrogen) atoms. The number of aryl methyl sites for hydroxylation is 1. The smallest absolute Gasteiger partial charge is 0.0692 e. The highest BCUT2D eigenvalue weighted by Gasteiger charge is 2.32. The molecule has 1 saturated carbocycles. The molecule has 2 rings (SSSR count). The summed E-state index contributed by atoms with van der Waals surface area (Å²) in [4.78, 5) is 0. The molecule has 1 aliphatic rings. The fourth-order valence-electron chi connectivity index (χ4n) is 1.83. The van der Waals surface area contributed by atoms with Gasteiger partial charge in [-0.1, -0.05) is 20.8 Å². The second kappa shape index (κ2) is 3.11. The summed E-state index contributed by atoms with van der Waals surface area (Å²) in [7, 11) is 0. The van der Waals surface area contributed by atoms with E-state index in [0.29, 0.717) is 0 Å². The summed E-state index contributed by atoms with van der Waals surface area (Å²) in [6.07, 6.45) is 4.90. The summed E-state index contributed by atoms with van der Waals surface area (Å²) < 4.78 is 2.08. The van der Waals surface area contributed by atoms with E-state index >= 15 is 0 Å². The van der Waals surface area contributed by atoms with Gasteiger partial charge in [-0.2, -0.15) is 5.10 Å². The minimum atomic E-state index is 0.241. The Morgan fingerprint density at radius 2 is 2.07 bits per heavy atom. The van der Waals surface area contributed by atoms with Crippen molar-refractivity contribution in [2.45, 2.75) is 58.4 Å². The first-order valence-corrected chi connectivity index (χ1v) is 5.60. The van der Waals surface area contributed by atoms with Crippen LogP contribution >= 0.6 is 0 Å². The molecule has 1 heterocycles. The van der Waals surface area contributed by atoms with Crippen LogP contribution in [0, 0.1) is 0 Å². The quantitative estimate of drug-likeness (QED) is 0.704. The first-order chi connectivity index (χ1) is 6.52. The van der Waals surface area contributed by atoms with Crippen LogP contribution in [0.5, 0.6) is 0 Å². The lowest BCUT2D eigenvalue weighted by Gasteiger charge is -2.17. The minimum absolute atomic E-state index is 0.241. The molecule has 0 atom stereocenters. The maximum atomic E-state index is 4.67. The third kappa shape index (κ3) is 1.70. The Balaban J connectivity index is 2.40. The number of nitrogens with zero attached hydrogens (tertiary/aromatic N) is 2. The second-order valence-corrected chi connectivity index (χ2v) is 5.31. The molecule has 0 unspecified atom stereocenters. The summed E-state index contributed by atoms with van der Waals surface area (Å²) in [6.45, 7) is 9.95. The van der Waals surface area contributed by atoms with E-state index in [1.165, 1.54) is 24.1 Å². The highest BCUT2D eigenvalue weighted by Crippen LogP contribution is 2.43. The Kier molecular flexibility index (Phi) is 2.17. The molecule has 0 radical (unpaired) electrons. The van der Waals surface area contributed by atoms with E-state index in [1.807, 2.05) is 0 Å². The summed E-state index contributed by atoms with van der Waals surface area (Å²) in [5, 5.41) is 4.67. The standard InChI is InChI=1S/C12H20N2/c1-5-14-8-10(12(2,3)4)11(13-14)9-6-7-9/h8-9H,5-7H2,1-4H3. The van der Waals surface area contributed by atoms with Crippen molar-refractivity contribution in [3.63, 3.8) is 0 Å². The third-order valence-electron chi connectivity index (χ3n) is 2.89. The van der Waals surface area contributed by atoms with Crippen LogP contribution in [0.25, 0.3) is 0 Å². The molecular weight excluding hydrogens is 172 g/mol. The zero-order valence-corrected chi connectivity index (χ0v) is 9.67. The highest BCUT2D eigenvalue weighted by molar-refractivity contribution is 5.30. The summed E-state index contributed by atoms with van der Waals surface area (Å²) in [5.41, 5.74) is 3.05. The number of hydrogen-bond donors (Lipinski definition) is 0. The molecule has 2 heteroatoms. The van der Waals surface area contributed by atoms with Gasteiger partial charge in [0.25, 0.3) is 0 Å². The van der Waals surface area contributed by atoms with E-state index in [-0.39, 0.29) is 5.41 Å². The first kappa shape index (κ1) is 9.75. The number of hydrogen-bond acceptors (Lipinski definition) is 1. The lowest BCUT2D eigenvalue weighted by molar-refractivity contribution is 0.581. The molecule has 0 amide bonds. The maximum absolute atomic E-state index is 4.67. The molecule has 1 fully saturated rings. The normalized spacial score (nSPS) is 17.4. The fourth-order valence-corrected chi connectivity index (χ4v) is 1.83. The molecule has 2 nitrogen and oxygen atoms in total. The number of aromatic nitrogens is 2. The van der Waals surface area contributed by atoms with Crippen molar-refractivity contribution in [3.8, 4) is 0 Å². The maximum Gasteiger partial charge on any atom is 0.0692 e. The van der Waals surface area contributed by atoms with E-state index in [0.717, 1.165) is 12.5 Å². The fraction of sp³-hybridized carbons (Fsp3) is 0.750. The van der Waals surface area contributed by atoms with E-state index in [9.17, 15) is 0 Å². The van der Waals surface area contributed by atoms with Crippen LogP contribution in [0.2, 0.25) is 0 Å². The second-order valence-electron chi connectivity index (χ2n) is 5.31. The molecule has 1 aromatic rings. The zero-order chi connectivity index (χ0) is 10.3. The van der Waals surface area contributed by atoms with Gasteiger partial charge < -0.3 is 0 Å². The molecule has 0 aliphatic heterocycles. The Morgan fingerprint density at radius 3 is 2.50 bits per heavy atom. The molecule has 0 aromatic carbocycles. The van der Waals surface area contributed by atoms with E-state index in [1.54, 1.807) is 0 Å². The summed E-state index contributed by atoms with van der Waals surface area (Å²) in [6, 6.07) is 0. The van der Waals surface area contributed by atoms with Crippen molar-refractivity contribution in [2.75, 3.05) is 0 Å². The van der Waals surface area contributed by atoms with E-state index in [2.05, 4.69) is 43.7 Å². The molecule has 0 spiro atoms. The van der Waals surface area contributed by atoms with Crippen LogP contribution in [0.3, 0.4) is 0 Å². The molecule has 1 aromatic heterocycles. The van der Waals surface area contributed by atoms with Crippen molar-refractivity contribution < 1.29 is 0 Å². The molecule has 1 aliphatic carbocycles. The van der Waals surface area contributed by atoms with Gasteiger partial charge >= 0.3 is 0 Å². The van der Waals surface area contributed by atoms with Gasteiger partial charge in [0.15, 0.2) is 0 Å². The van der Waals surface area contributed by atoms with Crippen LogP contribution in [-0.2, 0) is 12.0 Å². The summed E-state index contributed by atoms with van der Waals surface area (Å²) in [5.74, 6) is 0.761. The highest BCUT2D eigenvalue weighted by atomic mass is 15.3. The average Bonchev–Trinajstić information content (AvgIpc) is 2.83. The van der Waals surface area contributed by atoms with Crippen molar-refractivity contribution >= 4 is 0 Å². The minimum Gasteiger partial charge on any atom is -0.272 e. The van der Waals surface area contributed by atoms with Crippen molar-refractivity contribution in [3.05, 3.63) is 17.5 Å². The van der Waals surface area contributed by atoms with Crippen LogP contribution in [0.4, 0.5) is 0 Å². The largest absolute Gasteiger partial charge is 0.272 e. The molecule has 0 bridgehead atoms. The van der Waals surface area contributed by atoms with Crippen LogP contribution in [-0.4, -0.2) is 9.78 Å². The lowest BCUT2D eigenvalue weighted by atomic mass is 9.86. The Hall–Kier alpha value is -0.790. The molecular formula is C12H20N2. The Bertz CT molecular complexity index is 327. The van der Waals surface area contributed by atoms with Crippen molar-refractivity contribution in [1.82, 2.24) is 9.78 Å². The van der Waals surface area contributed by atoms with Gasteiger partial charge in [-0.25, -0.2) is 0 Å². The van der Waals surface area contributed by atoms with Gasteiger partial charge in [0.2, 0.25) is 0 Å². The Morgan fingerprint density at radius 1 is 1.43 bits per heavy atom. The molecule has 78 valence electrons. The van der Waals surface area contributed by atoms with Gasteiger partial charge in [-0.05, 0) is 30.7 Å². The van der Waals surface area contributed by atoms with Gasteiger partial charge in [-0.15, -0.1) is 0 Å². The van der Waals surface area contributed by atoms with Gasteiger partial charge in [0.1, 0.15) is 0 Å². The van der Waals surface area contributed by atoms with E-state index < -0.39 is 0 Å². The SMILES string of the molecule is CCn1cc(C(C)(C)C)c(C2CC2)n1. The lowest BCUT2D eigenvalue weighted by Crippen LogP contribution is -2.12. The van der Waals surface area contributed by atoms with Gasteiger partial charge in [0.05, 0.1) is 5.69 Å².